The quantitative estimate of drug-likeness (QED) is 0.809. The minimum absolute atomic E-state index is 0. The Morgan fingerprint density at radius 1 is 1.53 bits per heavy atom. The van der Waals surface area contributed by atoms with E-state index in [-0.39, 0.29) is 18.5 Å². The highest BCUT2D eigenvalue weighted by Crippen LogP contribution is 2.30. The number of hydrogen-bond donors (Lipinski definition) is 2. The maximum Gasteiger partial charge on any atom is 0.0527 e. The third kappa shape index (κ3) is 4.09. The van der Waals surface area contributed by atoms with Crippen LogP contribution in [0, 0.1) is 5.41 Å². The van der Waals surface area contributed by atoms with Crippen LogP contribution in [0.1, 0.15) is 39.5 Å². The van der Waals surface area contributed by atoms with E-state index in [0.29, 0.717) is 11.5 Å². The van der Waals surface area contributed by atoms with Gasteiger partial charge in [0, 0.05) is 19.1 Å². The van der Waals surface area contributed by atoms with Crippen LogP contribution < -0.4 is 5.32 Å². The van der Waals surface area contributed by atoms with E-state index in [0.717, 1.165) is 13.0 Å². The van der Waals surface area contributed by atoms with Gasteiger partial charge in [-0.1, -0.05) is 6.92 Å². The summed E-state index contributed by atoms with van der Waals surface area (Å²) in [6.45, 7) is 9.07. The second-order valence-corrected chi connectivity index (χ2v) is 6.09. The van der Waals surface area contributed by atoms with E-state index in [4.69, 9.17) is 0 Å². The average molecular weight is 263 g/mol. The van der Waals surface area contributed by atoms with Gasteiger partial charge in [0.25, 0.3) is 0 Å². The molecule has 3 nitrogen and oxygen atoms in total. The van der Waals surface area contributed by atoms with E-state index < -0.39 is 0 Å². The molecule has 2 N–H and O–H groups in total. The molecule has 3 unspecified atom stereocenters. The number of aliphatic hydroxyl groups excluding tert-OH is 1. The van der Waals surface area contributed by atoms with Gasteiger partial charge in [-0.3, -0.25) is 4.90 Å². The molecule has 2 fully saturated rings. The van der Waals surface area contributed by atoms with Gasteiger partial charge in [-0.05, 0) is 51.1 Å². The zero-order valence-corrected chi connectivity index (χ0v) is 11.9. The van der Waals surface area contributed by atoms with Crippen LogP contribution in [0.25, 0.3) is 0 Å². The van der Waals surface area contributed by atoms with E-state index in [1.54, 1.807) is 0 Å². The number of hydrogen-bond acceptors (Lipinski definition) is 3. The lowest BCUT2D eigenvalue weighted by Crippen LogP contribution is -2.41. The maximum absolute atomic E-state index is 9.52. The van der Waals surface area contributed by atoms with Crippen molar-refractivity contribution in [3.8, 4) is 0 Å². The molecule has 0 bridgehead atoms. The fourth-order valence-corrected chi connectivity index (χ4v) is 3.26. The summed E-state index contributed by atoms with van der Waals surface area (Å²) in [7, 11) is 0. The molecule has 0 aromatic carbocycles. The molecule has 4 heteroatoms. The topological polar surface area (TPSA) is 35.5 Å². The van der Waals surface area contributed by atoms with Gasteiger partial charge >= 0.3 is 0 Å². The first-order chi connectivity index (χ1) is 7.59. The zero-order chi connectivity index (χ0) is 11.6. The highest BCUT2D eigenvalue weighted by atomic mass is 35.5. The average Bonchev–Trinajstić information content (AvgIpc) is 2.77. The van der Waals surface area contributed by atoms with Crippen molar-refractivity contribution in [3.05, 3.63) is 0 Å². The SMILES string of the molecule is CC(O)CC1CCCN1CC1(C)CCNC1.Cl. The van der Waals surface area contributed by atoms with Gasteiger partial charge in [0.2, 0.25) is 0 Å². The molecular weight excluding hydrogens is 236 g/mol. The molecule has 102 valence electrons. The molecule has 3 atom stereocenters. The van der Waals surface area contributed by atoms with Gasteiger partial charge in [0.05, 0.1) is 6.10 Å². The van der Waals surface area contributed by atoms with Gasteiger partial charge < -0.3 is 10.4 Å². The van der Waals surface area contributed by atoms with Crippen molar-refractivity contribution in [1.82, 2.24) is 10.2 Å². The normalized spacial score (nSPS) is 35.8. The van der Waals surface area contributed by atoms with Crippen molar-refractivity contribution in [3.63, 3.8) is 0 Å². The summed E-state index contributed by atoms with van der Waals surface area (Å²) < 4.78 is 0. The molecule has 0 aromatic heterocycles. The molecule has 0 saturated carbocycles. The third-order valence-electron chi connectivity index (χ3n) is 4.15. The zero-order valence-electron chi connectivity index (χ0n) is 11.1. The Hall–Kier alpha value is 0.170. The van der Waals surface area contributed by atoms with Crippen molar-refractivity contribution >= 4 is 12.4 Å². The maximum atomic E-state index is 9.52. The lowest BCUT2D eigenvalue weighted by Gasteiger charge is -2.33. The first kappa shape index (κ1) is 15.2. The van der Waals surface area contributed by atoms with E-state index in [1.807, 2.05) is 6.92 Å². The van der Waals surface area contributed by atoms with Crippen LogP contribution >= 0.6 is 12.4 Å². The predicted octanol–water partition coefficient (Wildman–Crippen LogP) is 1.64. The molecule has 0 aromatic rings. The van der Waals surface area contributed by atoms with Crippen LogP contribution in [0.5, 0.6) is 0 Å². The predicted molar refractivity (Wildman–Crippen MR) is 73.7 cm³/mol. The van der Waals surface area contributed by atoms with Gasteiger partial charge in [-0.25, -0.2) is 0 Å². The van der Waals surface area contributed by atoms with Crippen molar-refractivity contribution in [2.75, 3.05) is 26.2 Å². The summed E-state index contributed by atoms with van der Waals surface area (Å²) in [6.07, 6.45) is 4.67. The van der Waals surface area contributed by atoms with Crippen molar-refractivity contribution < 1.29 is 5.11 Å². The van der Waals surface area contributed by atoms with Crippen LogP contribution in [-0.2, 0) is 0 Å². The lowest BCUT2D eigenvalue weighted by atomic mass is 9.88. The third-order valence-corrected chi connectivity index (χ3v) is 4.15. The molecule has 2 aliphatic heterocycles. The smallest absolute Gasteiger partial charge is 0.0527 e. The number of nitrogens with one attached hydrogen (secondary N) is 1. The van der Waals surface area contributed by atoms with Crippen LogP contribution in [0.2, 0.25) is 0 Å². The molecular formula is C13H27ClN2O. The van der Waals surface area contributed by atoms with Crippen LogP contribution in [-0.4, -0.2) is 48.3 Å². The lowest BCUT2D eigenvalue weighted by molar-refractivity contribution is 0.109. The highest BCUT2D eigenvalue weighted by Gasteiger charge is 2.35. The molecule has 2 saturated heterocycles. The Morgan fingerprint density at radius 2 is 2.29 bits per heavy atom. The Morgan fingerprint density at radius 3 is 2.88 bits per heavy atom. The number of likely N-dealkylation sites (tertiary alicyclic amines) is 1. The standard InChI is InChI=1S/C13H26N2O.ClH/c1-11(16)8-12-4-3-7-15(12)10-13(2)5-6-14-9-13;/h11-12,14,16H,3-10H2,1-2H3;1H. The Balaban J connectivity index is 0.00000144. The first-order valence-corrected chi connectivity index (χ1v) is 6.72. The molecule has 2 rings (SSSR count). The summed E-state index contributed by atoms with van der Waals surface area (Å²) in [5, 5.41) is 13.0. The number of nitrogens with zero attached hydrogens (tertiary/aromatic N) is 1. The molecule has 0 spiro atoms. The second-order valence-electron chi connectivity index (χ2n) is 6.09. The van der Waals surface area contributed by atoms with Gasteiger partial charge in [-0.2, -0.15) is 0 Å². The monoisotopic (exact) mass is 262 g/mol. The highest BCUT2D eigenvalue weighted by molar-refractivity contribution is 5.85. The van der Waals surface area contributed by atoms with Crippen molar-refractivity contribution in [2.24, 2.45) is 5.41 Å². The first-order valence-electron chi connectivity index (χ1n) is 6.72. The summed E-state index contributed by atoms with van der Waals surface area (Å²) >= 11 is 0. The second kappa shape index (κ2) is 6.37. The van der Waals surface area contributed by atoms with Crippen LogP contribution in [0.4, 0.5) is 0 Å². The van der Waals surface area contributed by atoms with Crippen molar-refractivity contribution in [1.29, 1.82) is 0 Å². The fourth-order valence-electron chi connectivity index (χ4n) is 3.26. The van der Waals surface area contributed by atoms with Crippen molar-refractivity contribution in [2.45, 2.75) is 51.7 Å². The fraction of sp³-hybridized carbons (Fsp3) is 1.00. The van der Waals surface area contributed by atoms with Gasteiger partial charge in [-0.15, -0.1) is 12.4 Å². The Labute approximate surface area is 111 Å². The Bertz CT molecular complexity index is 229. The van der Waals surface area contributed by atoms with E-state index in [2.05, 4.69) is 17.1 Å². The number of aliphatic hydroxyl groups is 1. The molecule has 17 heavy (non-hydrogen) atoms. The summed E-state index contributed by atoms with van der Waals surface area (Å²) in [4.78, 5) is 2.61. The van der Waals surface area contributed by atoms with Gasteiger partial charge in [0.1, 0.15) is 0 Å². The summed E-state index contributed by atoms with van der Waals surface area (Å²) in [5.74, 6) is 0. The molecule has 0 amide bonds. The number of halogens is 1. The molecule has 2 aliphatic rings. The van der Waals surface area contributed by atoms with Gasteiger partial charge in [0.15, 0.2) is 0 Å². The van der Waals surface area contributed by atoms with E-state index in [1.165, 1.54) is 38.9 Å². The Kier molecular flexibility index (Phi) is 5.71. The largest absolute Gasteiger partial charge is 0.393 e. The van der Waals surface area contributed by atoms with E-state index in [9.17, 15) is 5.11 Å². The van der Waals surface area contributed by atoms with E-state index >= 15 is 0 Å². The molecule has 0 radical (unpaired) electrons. The van der Waals surface area contributed by atoms with Crippen LogP contribution in [0.3, 0.4) is 0 Å². The number of rotatable bonds is 4. The minimum atomic E-state index is -0.153. The summed E-state index contributed by atoms with van der Waals surface area (Å²) in [5.41, 5.74) is 0.460. The van der Waals surface area contributed by atoms with Crippen LogP contribution in [0.15, 0.2) is 0 Å². The minimum Gasteiger partial charge on any atom is -0.393 e. The molecule has 2 heterocycles. The summed E-state index contributed by atoms with van der Waals surface area (Å²) in [6, 6.07) is 0.623. The molecule has 0 aliphatic carbocycles.